The molecule has 0 bridgehead atoms. The van der Waals surface area contributed by atoms with E-state index in [1.807, 2.05) is 12.1 Å². The van der Waals surface area contributed by atoms with Crippen LogP contribution in [-0.4, -0.2) is 9.49 Å². The van der Waals surface area contributed by atoms with Crippen LogP contribution in [0.3, 0.4) is 0 Å². The fourth-order valence-electron chi connectivity index (χ4n) is 5.27. The molecule has 5 heteroatoms. The van der Waals surface area contributed by atoms with Gasteiger partial charge in [-0.1, -0.05) is 66.2 Å². The summed E-state index contributed by atoms with van der Waals surface area (Å²) in [7, 11) is 0. The number of hydrogen-bond donors (Lipinski definition) is 1. The van der Waals surface area contributed by atoms with Crippen molar-refractivity contribution in [1.29, 1.82) is 0 Å². The third-order valence-corrected chi connectivity index (χ3v) is 6.79. The lowest BCUT2D eigenvalue weighted by Crippen LogP contribution is -2.25. The molecular formula is C28H23N3O2. The van der Waals surface area contributed by atoms with Gasteiger partial charge < -0.3 is 9.88 Å². The Morgan fingerprint density at radius 3 is 2.15 bits per heavy atom. The highest BCUT2D eigenvalue weighted by Crippen LogP contribution is 2.45. The number of aryl methyl sites for hydroxylation is 1. The molecule has 2 atom stereocenters. The van der Waals surface area contributed by atoms with E-state index in [1.54, 1.807) is 12.1 Å². The maximum Gasteiger partial charge on any atom is 0.269 e. The van der Waals surface area contributed by atoms with Crippen LogP contribution < -0.4 is 5.32 Å². The van der Waals surface area contributed by atoms with Crippen LogP contribution in [0.1, 0.15) is 35.2 Å². The Morgan fingerprint density at radius 2 is 1.52 bits per heavy atom. The van der Waals surface area contributed by atoms with E-state index in [2.05, 4.69) is 83.5 Å². The van der Waals surface area contributed by atoms with Crippen LogP contribution in [-0.2, 0) is 0 Å². The van der Waals surface area contributed by atoms with E-state index in [-0.39, 0.29) is 22.7 Å². The first kappa shape index (κ1) is 19.6. The van der Waals surface area contributed by atoms with E-state index >= 15 is 0 Å². The van der Waals surface area contributed by atoms with Gasteiger partial charge in [-0.25, -0.2) is 0 Å². The predicted molar refractivity (Wildman–Crippen MR) is 133 cm³/mol. The summed E-state index contributed by atoms with van der Waals surface area (Å²) < 4.78 is 2.47. The molecule has 0 saturated carbocycles. The zero-order valence-electron chi connectivity index (χ0n) is 18.2. The Balaban J connectivity index is 1.55. The van der Waals surface area contributed by atoms with Crippen LogP contribution in [0.15, 0.2) is 91.0 Å². The zero-order chi connectivity index (χ0) is 22.5. The van der Waals surface area contributed by atoms with Crippen LogP contribution in [0.4, 0.5) is 11.4 Å². The van der Waals surface area contributed by atoms with Gasteiger partial charge in [-0.3, -0.25) is 10.1 Å². The maximum absolute atomic E-state index is 11.1. The van der Waals surface area contributed by atoms with Gasteiger partial charge in [0.2, 0.25) is 0 Å². The normalized spacial score (nSPS) is 17.6. The quantitative estimate of drug-likeness (QED) is 0.243. The van der Waals surface area contributed by atoms with Crippen LogP contribution in [0.25, 0.3) is 21.8 Å². The third kappa shape index (κ3) is 3.16. The number of aromatic nitrogens is 1. The summed E-state index contributed by atoms with van der Waals surface area (Å²) in [6.07, 6.45) is 0.844. The van der Waals surface area contributed by atoms with Gasteiger partial charge in [0.1, 0.15) is 0 Å². The number of nitrogens with one attached hydrogen (secondary N) is 1. The molecule has 0 radical (unpaired) electrons. The molecule has 1 aliphatic heterocycles. The fraction of sp³-hybridized carbons (Fsp3) is 0.143. The van der Waals surface area contributed by atoms with Crippen molar-refractivity contribution < 1.29 is 4.92 Å². The SMILES string of the molecule is Cc1ccc2c(c1)[C@@H](n1c3ccccc3c3ccccc31)C[C@@H](c1ccc([N+](=O)[O-])cc1)N2. The summed E-state index contributed by atoms with van der Waals surface area (Å²) in [5.74, 6) is 0. The molecule has 5 aromatic rings. The fourth-order valence-corrected chi connectivity index (χ4v) is 5.27. The molecule has 5 nitrogen and oxygen atoms in total. The molecule has 0 unspecified atom stereocenters. The van der Waals surface area contributed by atoms with Crippen LogP contribution in [0.2, 0.25) is 0 Å². The number of benzene rings is 4. The van der Waals surface area contributed by atoms with Crippen molar-refractivity contribution in [2.45, 2.75) is 25.4 Å². The van der Waals surface area contributed by atoms with Gasteiger partial charge >= 0.3 is 0 Å². The first-order valence-electron chi connectivity index (χ1n) is 11.2. The molecular weight excluding hydrogens is 410 g/mol. The highest BCUT2D eigenvalue weighted by Gasteiger charge is 2.31. The second-order valence-electron chi connectivity index (χ2n) is 8.79. The van der Waals surface area contributed by atoms with E-state index in [1.165, 1.54) is 32.9 Å². The van der Waals surface area contributed by atoms with Gasteiger partial charge in [-0.05, 0) is 42.7 Å². The maximum atomic E-state index is 11.1. The number of fused-ring (bicyclic) bond motifs is 4. The van der Waals surface area contributed by atoms with E-state index in [0.29, 0.717) is 0 Å². The molecule has 0 spiro atoms. The number of para-hydroxylation sites is 2. The Bertz CT molecular complexity index is 1460. The Morgan fingerprint density at radius 1 is 0.879 bits per heavy atom. The number of nitro groups is 1. The van der Waals surface area contributed by atoms with Gasteiger partial charge in [-0.15, -0.1) is 0 Å². The minimum atomic E-state index is -0.350. The molecule has 33 heavy (non-hydrogen) atoms. The average molecular weight is 434 g/mol. The highest BCUT2D eigenvalue weighted by molar-refractivity contribution is 6.08. The minimum Gasteiger partial charge on any atom is -0.378 e. The largest absolute Gasteiger partial charge is 0.378 e. The molecule has 4 aromatic carbocycles. The third-order valence-electron chi connectivity index (χ3n) is 6.79. The number of anilines is 1. The molecule has 0 saturated heterocycles. The molecule has 0 aliphatic carbocycles. The van der Waals surface area contributed by atoms with Gasteiger partial charge in [-0.2, -0.15) is 0 Å². The average Bonchev–Trinajstić information content (AvgIpc) is 3.18. The van der Waals surface area contributed by atoms with Crippen molar-refractivity contribution in [2.24, 2.45) is 0 Å². The van der Waals surface area contributed by atoms with E-state index in [9.17, 15) is 10.1 Å². The van der Waals surface area contributed by atoms with E-state index < -0.39 is 0 Å². The van der Waals surface area contributed by atoms with Crippen LogP contribution >= 0.6 is 0 Å². The van der Waals surface area contributed by atoms with Crippen molar-refractivity contribution in [3.05, 3.63) is 118 Å². The number of nitrogens with zero attached hydrogens (tertiary/aromatic N) is 2. The van der Waals surface area contributed by atoms with E-state index in [4.69, 9.17) is 0 Å². The first-order valence-corrected chi connectivity index (χ1v) is 11.2. The standard InChI is InChI=1S/C28H23N3O2/c1-18-10-15-24-23(16-18)28(17-25(29-24)19-11-13-20(14-12-19)31(32)33)30-26-8-4-2-6-21(26)22-7-3-5-9-27(22)30/h2-16,25,28-29H,17H2,1H3/t25-,28-/m0/s1. The Hall–Kier alpha value is -4.12. The lowest BCUT2D eigenvalue weighted by atomic mass is 9.88. The molecule has 0 fully saturated rings. The summed E-state index contributed by atoms with van der Waals surface area (Å²) in [4.78, 5) is 10.8. The molecule has 0 amide bonds. The summed E-state index contributed by atoms with van der Waals surface area (Å²) in [5.41, 5.74) is 7.24. The molecule has 1 N–H and O–H groups in total. The smallest absolute Gasteiger partial charge is 0.269 e. The summed E-state index contributed by atoms with van der Waals surface area (Å²) in [6, 6.07) is 30.9. The minimum absolute atomic E-state index is 0.0472. The van der Waals surface area contributed by atoms with Gasteiger partial charge in [0.15, 0.2) is 0 Å². The number of hydrogen-bond acceptors (Lipinski definition) is 3. The summed E-state index contributed by atoms with van der Waals surface area (Å²) in [6.45, 7) is 2.13. The van der Waals surface area contributed by atoms with Crippen molar-refractivity contribution in [3.8, 4) is 0 Å². The Labute approximate surface area is 191 Å². The van der Waals surface area contributed by atoms with Crippen molar-refractivity contribution in [1.82, 2.24) is 4.57 Å². The lowest BCUT2D eigenvalue weighted by molar-refractivity contribution is -0.384. The van der Waals surface area contributed by atoms with Gasteiger partial charge in [0.05, 0.1) is 17.0 Å². The van der Waals surface area contributed by atoms with Gasteiger partial charge in [0, 0.05) is 39.6 Å². The summed E-state index contributed by atoms with van der Waals surface area (Å²) in [5, 5.41) is 17.3. The van der Waals surface area contributed by atoms with E-state index in [0.717, 1.165) is 17.7 Å². The highest BCUT2D eigenvalue weighted by atomic mass is 16.6. The van der Waals surface area contributed by atoms with Crippen molar-refractivity contribution in [3.63, 3.8) is 0 Å². The van der Waals surface area contributed by atoms with Crippen molar-refractivity contribution >= 4 is 33.2 Å². The number of rotatable bonds is 3. The molecule has 1 aliphatic rings. The Kier molecular flexibility index (Phi) is 4.44. The molecule has 1 aromatic heterocycles. The topological polar surface area (TPSA) is 60.1 Å². The second kappa shape index (κ2) is 7.48. The predicted octanol–water partition coefficient (Wildman–Crippen LogP) is 7.16. The van der Waals surface area contributed by atoms with Crippen molar-refractivity contribution in [2.75, 3.05) is 5.32 Å². The molecule has 162 valence electrons. The molecule has 6 rings (SSSR count). The van der Waals surface area contributed by atoms with Crippen LogP contribution in [0, 0.1) is 17.0 Å². The second-order valence-corrected chi connectivity index (χ2v) is 8.79. The lowest BCUT2D eigenvalue weighted by Gasteiger charge is -2.35. The number of non-ortho nitro benzene ring substituents is 1. The molecule has 2 heterocycles. The number of nitro benzene ring substituents is 1. The zero-order valence-corrected chi connectivity index (χ0v) is 18.2. The van der Waals surface area contributed by atoms with Crippen LogP contribution in [0.5, 0.6) is 0 Å². The van der Waals surface area contributed by atoms with Gasteiger partial charge in [0.25, 0.3) is 5.69 Å². The summed E-state index contributed by atoms with van der Waals surface area (Å²) >= 11 is 0. The first-order chi connectivity index (χ1) is 16.1. The monoisotopic (exact) mass is 433 g/mol.